The molecule has 0 saturated heterocycles. The van der Waals surface area contributed by atoms with E-state index in [1.165, 1.54) is 11.8 Å². The zero-order valence-corrected chi connectivity index (χ0v) is 15.0. The average Bonchev–Trinajstić information content (AvgIpc) is 2.56. The molecular formula is C14H27NO8S. The Labute approximate surface area is 146 Å². The molecule has 2 N–H and O–H groups in total. The summed E-state index contributed by atoms with van der Waals surface area (Å²) in [4.78, 5) is 22.6. The van der Waals surface area contributed by atoms with E-state index in [-0.39, 0.29) is 19.0 Å². The average molecular weight is 369 g/mol. The lowest BCUT2D eigenvalue weighted by molar-refractivity contribution is -0.138. The predicted octanol–water partition coefficient (Wildman–Crippen LogP) is 0.225. The molecule has 0 saturated carbocycles. The first kappa shape index (κ1) is 22.9. The van der Waals surface area contributed by atoms with Crippen LogP contribution in [0.5, 0.6) is 0 Å². The normalized spacial score (nSPS) is 11.9. The highest BCUT2D eigenvalue weighted by Crippen LogP contribution is 2.04. The molecule has 0 aliphatic rings. The number of carbonyl (C=O) groups excluding carboxylic acids is 1. The van der Waals surface area contributed by atoms with Gasteiger partial charge in [0.05, 0.1) is 39.6 Å². The van der Waals surface area contributed by atoms with Gasteiger partial charge in [0.1, 0.15) is 12.6 Å². The van der Waals surface area contributed by atoms with Crippen LogP contribution in [0.2, 0.25) is 0 Å². The summed E-state index contributed by atoms with van der Waals surface area (Å²) in [6.07, 6.45) is -0.783. The molecule has 0 aromatic heterocycles. The van der Waals surface area contributed by atoms with Crippen molar-refractivity contribution in [3.05, 3.63) is 0 Å². The van der Waals surface area contributed by atoms with Crippen LogP contribution < -0.4 is 5.32 Å². The number of hydrogen-bond acceptors (Lipinski definition) is 8. The third-order valence-electron chi connectivity index (χ3n) is 2.57. The number of aliphatic carboxylic acids is 1. The van der Waals surface area contributed by atoms with Crippen LogP contribution in [0.4, 0.5) is 4.79 Å². The van der Waals surface area contributed by atoms with E-state index in [0.29, 0.717) is 38.8 Å². The van der Waals surface area contributed by atoms with Crippen molar-refractivity contribution in [2.75, 3.05) is 72.0 Å². The van der Waals surface area contributed by atoms with Gasteiger partial charge in [0.15, 0.2) is 0 Å². The van der Waals surface area contributed by atoms with Gasteiger partial charge in [-0.05, 0) is 0 Å². The third kappa shape index (κ3) is 14.5. The van der Waals surface area contributed by atoms with Crippen molar-refractivity contribution in [2.45, 2.75) is 6.04 Å². The van der Waals surface area contributed by atoms with Crippen molar-refractivity contribution in [2.24, 2.45) is 0 Å². The number of rotatable bonds is 16. The molecule has 0 aliphatic carbocycles. The number of thioether (sulfide) groups is 1. The Balaban J connectivity index is 3.74. The highest BCUT2D eigenvalue weighted by atomic mass is 32.2. The zero-order chi connectivity index (χ0) is 18.0. The number of carboxylic acid groups (broad SMARTS) is 1. The third-order valence-corrected chi connectivity index (χ3v) is 3.60. The summed E-state index contributed by atoms with van der Waals surface area (Å²) in [6, 6.07) is -1.02. The second-order valence-electron chi connectivity index (χ2n) is 4.46. The van der Waals surface area contributed by atoms with Crippen LogP contribution in [0.1, 0.15) is 0 Å². The van der Waals surface area contributed by atoms with E-state index < -0.39 is 18.1 Å². The molecule has 10 heteroatoms. The molecule has 0 aliphatic heterocycles. The fraction of sp³-hybridized carbons (Fsp3) is 0.857. The Kier molecular flexibility index (Phi) is 16.0. The molecule has 0 spiro atoms. The molecule has 24 heavy (non-hydrogen) atoms. The van der Waals surface area contributed by atoms with Gasteiger partial charge < -0.3 is 34.1 Å². The van der Waals surface area contributed by atoms with Crippen LogP contribution in [-0.2, 0) is 28.5 Å². The van der Waals surface area contributed by atoms with E-state index in [9.17, 15) is 9.59 Å². The molecule has 0 bridgehead atoms. The number of methoxy groups -OCH3 is 2. The minimum atomic E-state index is -1.11. The topological polar surface area (TPSA) is 113 Å². The van der Waals surface area contributed by atoms with Crippen LogP contribution in [0.15, 0.2) is 0 Å². The summed E-state index contributed by atoms with van der Waals surface area (Å²) in [5, 5.41) is 11.4. The number of amides is 1. The van der Waals surface area contributed by atoms with E-state index in [1.807, 2.05) is 0 Å². The van der Waals surface area contributed by atoms with Crippen molar-refractivity contribution < 1.29 is 38.4 Å². The van der Waals surface area contributed by atoms with Gasteiger partial charge in [-0.25, -0.2) is 9.59 Å². The largest absolute Gasteiger partial charge is 0.480 e. The fourth-order valence-electron chi connectivity index (χ4n) is 1.36. The molecule has 142 valence electrons. The van der Waals surface area contributed by atoms with E-state index in [2.05, 4.69) is 5.32 Å². The first-order valence-corrected chi connectivity index (χ1v) is 8.64. The molecule has 0 aromatic carbocycles. The van der Waals surface area contributed by atoms with Gasteiger partial charge in [-0.2, -0.15) is 11.8 Å². The Bertz CT molecular complexity index is 332. The maximum absolute atomic E-state index is 11.5. The first-order chi connectivity index (χ1) is 11.6. The van der Waals surface area contributed by atoms with Crippen LogP contribution in [-0.4, -0.2) is 95.2 Å². The summed E-state index contributed by atoms with van der Waals surface area (Å²) in [5.41, 5.74) is 0. The lowest BCUT2D eigenvalue weighted by Crippen LogP contribution is -2.43. The number of nitrogens with one attached hydrogen (secondary N) is 1. The van der Waals surface area contributed by atoms with Gasteiger partial charge in [0.25, 0.3) is 0 Å². The maximum Gasteiger partial charge on any atom is 0.407 e. The van der Waals surface area contributed by atoms with E-state index in [0.717, 1.165) is 0 Å². The van der Waals surface area contributed by atoms with Crippen LogP contribution >= 0.6 is 11.8 Å². The standard InChI is InChI=1S/C14H27NO8S/c1-19-3-5-21-7-8-23-14(18)15-12(13(16)17)11-24-10-9-22-6-4-20-2/h12H,3-11H2,1-2H3,(H,15,18)(H,16,17). The molecule has 1 unspecified atom stereocenters. The van der Waals surface area contributed by atoms with Gasteiger partial charge in [-0.15, -0.1) is 0 Å². The monoisotopic (exact) mass is 369 g/mol. The summed E-state index contributed by atoms with van der Waals surface area (Å²) in [7, 11) is 3.15. The van der Waals surface area contributed by atoms with Gasteiger partial charge in [-0.1, -0.05) is 0 Å². The van der Waals surface area contributed by atoms with Crippen molar-refractivity contribution in [3.8, 4) is 0 Å². The second kappa shape index (κ2) is 16.8. The van der Waals surface area contributed by atoms with Crippen LogP contribution in [0, 0.1) is 0 Å². The SMILES string of the molecule is COCCOCCOC(=O)NC(CSCCOCCOC)C(=O)O. The lowest BCUT2D eigenvalue weighted by Gasteiger charge is -2.14. The number of ether oxygens (including phenoxy) is 5. The quantitative estimate of drug-likeness (QED) is 0.369. The lowest BCUT2D eigenvalue weighted by atomic mass is 10.3. The molecule has 1 atom stereocenters. The Morgan fingerprint density at radius 2 is 1.54 bits per heavy atom. The summed E-state index contributed by atoms with van der Waals surface area (Å²) in [6.45, 7) is 2.64. The molecule has 0 heterocycles. The smallest absolute Gasteiger partial charge is 0.407 e. The number of carbonyl (C=O) groups is 2. The van der Waals surface area contributed by atoms with Gasteiger partial charge in [0.2, 0.25) is 0 Å². The van der Waals surface area contributed by atoms with Gasteiger partial charge in [-0.3, -0.25) is 0 Å². The predicted molar refractivity (Wildman–Crippen MR) is 88.6 cm³/mol. The van der Waals surface area contributed by atoms with E-state index in [4.69, 9.17) is 28.8 Å². The highest BCUT2D eigenvalue weighted by Gasteiger charge is 2.20. The Morgan fingerprint density at radius 1 is 0.958 bits per heavy atom. The van der Waals surface area contributed by atoms with Crippen molar-refractivity contribution in [1.29, 1.82) is 0 Å². The minimum Gasteiger partial charge on any atom is -0.480 e. The maximum atomic E-state index is 11.5. The molecule has 0 fully saturated rings. The number of alkyl carbamates (subject to hydrolysis) is 1. The van der Waals surface area contributed by atoms with Crippen molar-refractivity contribution >= 4 is 23.8 Å². The first-order valence-electron chi connectivity index (χ1n) is 7.49. The summed E-state index contributed by atoms with van der Waals surface area (Å²) in [5.74, 6) is -0.268. The second-order valence-corrected chi connectivity index (χ2v) is 5.61. The molecule has 9 nitrogen and oxygen atoms in total. The molecular weight excluding hydrogens is 342 g/mol. The van der Waals surface area contributed by atoms with Gasteiger partial charge in [0, 0.05) is 25.7 Å². The number of carboxylic acids is 1. The molecule has 0 radical (unpaired) electrons. The zero-order valence-electron chi connectivity index (χ0n) is 14.2. The fourth-order valence-corrected chi connectivity index (χ4v) is 2.22. The Morgan fingerprint density at radius 3 is 2.12 bits per heavy atom. The minimum absolute atomic E-state index is 0.0440. The summed E-state index contributed by atoms with van der Waals surface area (Å²) >= 11 is 1.37. The number of hydrogen-bond donors (Lipinski definition) is 2. The van der Waals surface area contributed by atoms with Crippen molar-refractivity contribution in [1.82, 2.24) is 5.32 Å². The highest BCUT2D eigenvalue weighted by molar-refractivity contribution is 7.99. The molecule has 0 rings (SSSR count). The molecule has 0 aromatic rings. The van der Waals surface area contributed by atoms with Crippen LogP contribution in [0.25, 0.3) is 0 Å². The molecule has 1 amide bonds. The Hall–Kier alpha value is -1.07. The van der Waals surface area contributed by atoms with Crippen molar-refractivity contribution in [3.63, 3.8) is 0 Å². The van der Waals surface area contributed by atoms with E-state index >= 15 is 0 Å². The van der Waals surface area contributed by atoms with Crippen LogP contribution in [0.3, 0.4) is 0 Å². The van der Waals surface area contributed by atoms with Gasteiger partial charge >= 0.3 is 12.1 Å². The summed E-state index contributed by atoms with van der Waals surface area (Å²) < 4.78 is 24.9. The van der Waals surface area contributed by atoms with E-state index in [1.54, 1.807) is 14.2 Å².